The summed E-state index contributed by atoms with van der Waals surface area (Å²) in [4.78, 5) is 39.4. The second kappa shape index (κ2) is 11.5. The third-order valence-electron chi connectivity index (χ3n) is 5.45. The van der Waals surface area contributed by atoms with Crippen LogP contribution in [0.1, 0.15) is 30.3 Å². The van der Waals surface area contributed by atoms with Gasteiger partial charge in [-0.15, -0.1) is 0 Å². The molecule has 0 N–H and O–H groups in total. The smallest absolute Gasteiger partial charge is 0.313 e. The molecule has 194 valence electrons. The Morgan fingerprint density at radius 1 is 1.11 bits per heavy atom. The maximum atomic E-state index is 13.3. The van der Waals surface area contributed by atoms with Gasteiger partial charge in [0.05, 0.1) is 27.0 Å². The van der Waals surface area contributed by atoms with E-state index in [1.54, 1.807) is 18.2 Å². The Balaban J connectivity index is 1.77. The first-order valence-corrected chi connectivity index (χ1v) is 12.4. The molecule has 0 fully saturated rings. The molecule has 1 heterocycles. The number of ether oxygens (including phenoxy) is 1. The van der Waals surface area contributed by atoms with Crippen LogP contribution in [-0.2, 0) is 13.0 Å². The molecule has 0 spiro atoms. The first kappa shape index (κ1) is 26.9. The van der Waals surface area contributed by atoms with E-state index in [1.807, 2.05) is 6.92 Å². The largest absolute Gasteiger partial charge is 0.481 e. The predicted octanol–water partition coefficient (Wildman–Crippen LogP) is 6.04. The van der Waals surface area contributed by atoms with Crippen LogP contribution >= 0.6 is 27.5 Å². The van der Waals surface area contributed by atoms with Gasteiger partial charge < -0.3 is 4.74 Å². The SMILES string of the molecule is CCCc1nc2ccc(Br)cc2c(=O)n1N=Cc1cc(Cl)cc([N+](=O)[O-])c1OCc1ccc([N+](=O)[O-])cc1. The number of rotatable bonds is 9. The van der Waals surface area contributed by atoms with E-state index in [4.69, 9.17) is 16.3 Å². The molecule has 13 heteroatoms. The van der Waals surface area contributed by atoms with Crippen molar-refractivity contribution in [3.63, 3.8) is 0 Å². The number of fused-ring (bicyclic) bond motifs is 1. The standard InChI is InChI=1S/C25H19BrClN5O6/c1-2-3-23-29-21-9-6-17(26)11-20(21)25(33)30(23)28-13-16-10-18(27)12-22(32(36)37)24(16)38-14-15-4-7-19(8-5-15)31(34)35/h4-13H,2-3,14H2,1H3. The minimum absolute atomic E-state index is 0.0718. The first-order chi connectivity index (χ1) is 18.2. The zero-order chi connectivity index (χ0) is 27.4. The highest BCUT2D eigenvalue weighted by Gasteiger charge is 2.21. The number of aryl methyl sites for hydroxylation is 1. The van der Waals surface area contributed by atoms with Gasteiger partial charge in [0.1, 0.15) is 12.4 Å². The summed E-state index contributed by atoms with van der Waals surface area (Å²) in [5.41, 5.74) is 0.341. The Morgan fingerprint density at radius 3 is 2.50 bits per heavy atom. The highest BCUT2D eigenvalue weighted by Crippen LogP contribution is 2.34. The summed E-state index contributed by atoms with van der Waals surface area (Å²) in [7, 11) is 0. The number of nitro benzene ring substituents is 2. The molecule has 1 aromatic heterocycles. The van der Waals surface area contributed by atoms with Crippen molar-refractivity contribution in [1.29, 1.82) is 0 Å². The van der Waals surface area contributed by atoms with Crippen LogP contribution in [0.15, 0.2) is 69.0 Å². The fourth-order valence-electron chi connectivity index (χ4n) is 3.68. The van der Waals surface area contributed by atoms with Gasteiger partial charge in [-0.2, -0.15) is 9.78 Å². The molecule has 3 aromatic carbocycles. The summed E-state index contributed by atoms with van der Waals surface area (Å²) >= 11 is 9.51. The second-order valence-corrected chi connectivity index (χ2v) is 9.47. The maximum Gasteiger partial charge on any atom is 0.313 e. The summed E-state index contributed by atoms with van der Waals surface area (Å²) in [5, 5.41) is 27.4. The fourth-order valence-corrected chi connectivity index (χ4v) is 4.26. The van der Waals surface area contributed by atoms with Crippen LogP contribution in [0.25, 0.3) is 10.9 Å². The van der Waals surface area contributed by atoms with E-state index in [1.165, 1.54) is 36.5 Å². The lowest BCUT2D eigenvalue weighted by molar-refractivity contribution is -0.386. The third-order valence-corrected chi connectivity index (χ3v) is 6.16. The Bertz CT molecular complexity index is 1640. The van der Waals surface area contributed by atoms with Crippen molar-refractivity contribution in [2.45, 2.75) is 26.4 Å². The average molecular weight is 601 g/mol. The number of hydrogen-bond donors (Lipinski definition) is 0. The van der Waals surface area contributed by atoms with Crippen molar-refractivity contribution >= 4 is 56.0 Å². The molecule has 4 rings (SSSR count). The van der Waals surface area contributed by atoms with E-state index in [2.05, 4.69) is 26.0 Å². The molecular weight excluding hydrogens is 582 g/mol. The molecule has 0 atom stereocenters. The summed E-state index contributed by atoms with van der Waals surface area (Å²) in [6.07, 6.45) is 2.43. The lowest BCUT2D eigenvalue weighted by atomic mass is 10.1. The van der Waals surface area contributed by atoms with Crippen LogP contribution in [-0.4, -0.2) is 25.7 Å². The van der Waals surface area contributed by atoms with Crippen LogP contribution in [0.5, 0.6) is 5.75 Å². The number of hydrogen-bond acceptors (Lipinski definition) is 8. The third kappa shape index (κ3) is 5.87. The van der Waals surface area contributed by atoms with Gasteiger partial charge in [0.15, 0.2) is 0 Å². The van der Waals surface area contributed by atoms with Crippen molar-refractivity contribution in [2.75, 3.05) is 0 Å². The van der Waals surface area contributed by atoms with Crippen molar-refractivity contribution in [2.24, 2.45) is 5.10 Å². The Kier molecular flexibility index (Phi) is 8.13. The van der Waals surface area contributed by atoms with Gasteiger partial charge in [0.2, 0.25) is 5.75 Å². The highest BCUT2D eigenvalue weighted by molar-refractivity contribution is 9.10. The molecule has 11 nitrogen and oxygen atoms in total. The number of nitro groups is 2. The predicted molar refractivity (Wildman–Crippen MR) is 146 cm³/mol. The summed E-state index contributed by atoms with van der Waals surface area (Å²) < 4.78 is 7.64. The van der Waals surface area contributed by atoms with E-state index in [0.29, 0.717) is 39.6 Å². The quantitative estimate of drug-likeness (QED) is 0.129. The molecule has 0 saturated heterocycles. The molecule has 0 aliphatic carbocycles. The van der Waals surface area contributed by atoms with Crippen LogP contribution in [0.2, 0.25) is 5.02 Å². The monoisotopic (exact) mass is 599 g/mol. The minimum atomic E-state index is -0.641. The van der Waals surface area contributed by atoms with Crippen LogP contribution in [0.4, 0.5) is 11.4 Å². The number of aromatic nitrogens is 2. The lowest BCUT2D eigenvalue weighted by Crippen LogP contribution is -2.22. The van der Waals surface area contributed by atoms with Crippen LogP contribution < -0.4 is 10.3 Å². The molecule has 0 radical (unpaired) electrons. The molecule has 0 amide bonds. The number of nitrogens with zero attached hydrogens (tertiary/aromatic N) is 5. The topological polar surface area (TPSA) is 143 Å². The van der Waals surface area contributed by atoms with Gasteiger partial charge in [-0.1, -0.05) is 34.5 Å². The molecule has 0 aliphatic heterocycles. The van der Waals surface area contributed by atoms with Gasteiger partial charge in [-0.3, -0.25) is 25.0 Å². The van der Waals surface area contributed by atoms with Crippen LogP contribution in [0.3, 0.4) is 0 Å². The van der Waals surface area contributed by atoms with Gasteiger partial charge in [0, 0.05) is 39.7 Å². The minimum Gasteiger partial charge on any atom is -0.481 e. The maximum absolute atomic E-state index is 13.3. The normalized spacial score (nSPS) is 11.2. The van der Waals surface area contributed by atoms with E-state index < -0.39 is 21.1 Å². The summed E-state index contributed by atoms with van der Waals surface area (Å²) in [6, 6.07) is 13.3. The fraction of sp³-hybridized carbons (Fsp3) is 0.160. The second-order valence-electron chi connectivity index (χ2n) is 8.11. The van der Waals surface area contributed by atoms with Crippen LogP contribution in [0, 0.1) is 20.2 Å². The first-order valence-electron chi connectivity index (χ1n) is 11.3. The Hall–Kier alpha value is -4.16. The molecule has 0 unspecified atom stereocenters. The van der Waals surface area contributed by atoms with Crippen molar-refractivity contribution in [3.05, 3.63) is 112 Å². The van der Waals surface area contributed by atoms with E-state index in [9.17, 15) is 25.0 Å². The zero-order valence-corrected chi connectivity index (χ0v) is 22.2. The molecular formula is C25H19BrClN5O6. The van der Waals surface area contributed by atoms with Crippen molar-refractivity contribution in [3.8, 4) is 5.75 Å². The average Bonchev–Trinajstić information content (AvgIpc) is 2.88. The molecule has 0 bridgehead atoms. The summed E-state index contributed by atoms with van der Waals surface area (Å²) in [5.74, 6) is 0.302. The number of halogens is 2. The lowest BCUT2D eigenvalue weighted by Gasteiger charge is -2.11. The molecule has 4 aromatic rings. The highest BCUT2D eigenvalue weighted by atomic mass is 79.9. The number of non-ortho nitro benzene ring substituents is 1. The van der Waals surface area contributed by atoms with Gasteiger partial charge in [-0.05, 0) is 48.4 Å². The molecule has 0 saturated carbocycles. The van der Waals surface area contributed by atoms with E-state index in [0.717, 1.165) is 10.7 Å². The zero-order valence-electron chi connectivity index (χ0n) is 19.8. The van der Waals surface area contributed by atoms with Crippen molar-refractivity contribution < 1.29 is 14.6 Å². The Labute approximate surface area is 228 Å². The van der Waals surface area contributed by atoms with Gasteiger partial charge in [-0.25, -0.2) is 4.98 Å². The molecule has 38 heavy (non-hydrogen) atoms. The van der Waals surface area contributed by atoms with E-state index in [-0.39, 0.29) is 28.6 Å². The van der Waals surface area contributed by atoms with Gasteiger partial charge in [0.25, 0.3) is 11.2 Å². The van der Waals surface area contributed by atoms with Crippen molar-refractivity contribution in [1.82, 2.24) is 9.66 Å². The number of benzene rings is 3. The Morgan fingerprint density at radius 2 is 1.84 bits per heavy atom. The van der Waals surface area contributed by atoms with Gasteiger partial charge >= 0.3 is 5.69 Å². The summed E-state index contributed by atoms with van der Waals surface area (Å²) in [6.45, 7) is 1.82. The molecule has 0 aliphatic rings. The van der Waals surface area contributed by atoms with E-state index >= 15 is 0 Å².